The zero-order chi connectivity index (χ0) is 44.5. The van der Waals surface area contributed by atoms with Crippen LogP contribution in [0.25, 0.3) is 123 Å². The Morgan fingerprint density at radius 2 is 0.612 bits per heavy atom. The monoisotopic (exact) mass is 855 g/mol. The predicted molar refractivity (Wildman–Crippen MR) is 276 cm³/mol. The number of hydrogen-bond donors (Lipinski definition) is 0. The Morgan fingerprint density at radius 1 is 0.239 bits per heavy atom. The zero-order valence-corrected chi connectivity index (χ0v) is 36.4. The van der Waals surface area contributed by atoms with Crippen LogP contribution in [0.3, 0.4) is 0 Å². The van der Waals surface area contributed by atoms with Crippen molar-refractivity contribution in [2.75, 3.05) is 0 Å². The van der Waals surface area contributed by atoms with E-state index in [0.29, 0.717) is 17.5 Å². The predicted octanol–water partition coefficient (Wildman–Crippen LogP) is 16.8. The van der Waals surface area contributed by atoms with Gasteiger partial charge in [0.2, 0.25) is 0 Å². The molecule has 0 aliphatic carbocycles. The Hall–Kier alpha value is -8.99. The van der Waals surface area contributed by atoms with Gasteiger partial charge in [-0.05, 0) is 79.4 Å². The van der Waals surface area contributed by atoms with Crippen LogP contribution in [0.4, 0.5) is 0 Å². The van der Waals surface area contributed by atoms with Gasteiger partial charge in [-0.25, -0.2) is 15.0 Å². The molecule has 0 aliphatic heterocycles. The lowest BCUT2D eigenvalue weighted by molar-refractivity contribution is 0.670. The molecule has 0 atom stereocenters. The summed E-state index contributed by atoms with van der Waals surface area (Å²) >= 11 is 0. The van der Waals surface area contributed by atoms with Crippen molar-refractivity contribution in [2.45, 2.75) is 0 Å². The molecule has 0 spiro atoms. The maximum atomic E-state index is 6.98. The van der Waals surface area contributed by atoms with Crippen molar-refractivity contribution in [3.8, 4) is 101 Å². The molecule has 0 aliphatic rings. The second kappa shape index (κ2) is 17.2. The van der Waals surface area contributed by atoms with Crippen LogP contribution >= 0.6 is 0 Å². The minimum Gasteiger partial charge on any atom is -0.455 e. The molecule has 0 radical (unpaired) electrons. The summed E-state index contributed by atoms with van der Waals surface area (Å²) in [4.78, 5) is 15.9. The third kappa shape index (κ3) is 7.77. The summed E-state index contributed by atoms with van der Waals surface area (Å²) in [7, 11) is 0. The first-order valence-electron chi connectivity index (χ1n) is 22.6. The third-order valence-corrected chi connectivity index (χ3v) is 12.6. The van der Waals surface area contributed by atoms with Gasteiger partial charge in [-0.3, -0.25) is 0 Å². The number of aromatic nitrogens is 3. The molecule has 2 aromatic heterocycles. The highest BCUT2D eigenvalue weighted by atomic mass is 16.3. The van der Waals surface area contributed by atoms with E-state index in [4.69, 9.17) is 19.4 Å². The van der Waals surface area contributed by atoms with Crippen molar-refractivity contribution in [1.82, 2.24) is 15.0 Å². The van der Waals surface area contributed by atoms with Crippen molar-refractivity contribution in [2.24, 2.45) is 0 Å². The fourth-order valence-corrected chi connectivity index (χ4v) is 9.12. The SMILES string of the molecule is c1ccc(-c2ccc(-c3nc(-c4ccc(-c5cccc(-c6ccccc6)c5)cc4)nc(-c4cc(-c5ccccc5)cc5oc6c(-c7ccc(-c8ccccc8)cc7)cccc6c45)n3)cc2)cc1. The molecule has 0 N–H and O–H groups in total. The highest BCUT2D eigenvalue weighted by Gasteiger charge is 2.22. The molecule has 67 heavy (non-hydrogen) atoms. The Balaban J connectivity index is 1.02. The lowest BCUT2D eigenvalue weighted by atomic mass is 9.96. The molecule has 12 aromatic rings. The molecule has 0 bridgehead atoms. The average molecular weight is 856 g/mol. The van der Waals surface area contributed by atoms with Gasteiger partial charge in [-0.2, -0.15) is 0 Å². The minimum atomic E-state index is 0.565. The van der Waals surface area contributed by atoms with Gasteiger partial charge in [-0.1, -0.05) is 231 Å². The standard InChI is InChI=1S/C63H41N3O/c1-5-15-42(16-6-1)46-27-33-49(34-28-46)55-25-14-26-56-59-57(40-54(41-58(59)67-60(55)56)45-21-11-4-12-22-45)63-65-61(50-35-29-47(30-36-50)43-17-7-2-8-18-43)64-62(66-63)51-37-31-48(32-38-51)53-24-13-23-52(39-53)44-19-9-3-10-20-44/h1-41H. The van der Waals surface area contributed by atoms with Gasteiger partial charge in [0.15, 0.2) is 17.5 Å². The Labute approximate surface area is 389 Å². The maximum absolute atomic E-state index is 6.98. The van der Waals surface area contributed by atoms with Gasteiger partial charge in [0.1, 0.15) is 11.2 Å². The average Bonchev–Trinajstić information content (AvgIpc) is 3.81. The van der Waals surface area contributed by atoms with Crippen LogP contribution in [0.2, 0.25) is 0 Å². The van der Waals surface area contributed by atoms with Crippen LogP contribution in [-0.2, 0) is 0 Å². The molecule has 0 saturated heterocycles. The van der Waals surface area contributed by atoms with E-state index in [2.05, 4.69) is 224 Å². The minimum absolute atomic E-state index is 0.565. The van der Waals surface area contributed by atoms with Crippen LogP contribution in [-0.4, -0.2) is 15.0 Å². The number of benzene rings is 10. The summed E-state index contributed by atoms with van der Waals surface area (Å²) < 4.78 is 6.98. The Kier molecular flexibility index (Phi) is 10.2. The van der Waals surface area contributed by atoms with Gasteiger partial charge in [0, 0.05) is 33.0 Å². The summed E-state index contributed by atoms with van der Waals surface area (Å²) in [6, 6.07) is 87.0. The van der Waals surface area contributed by atoms with Gasteiger partial charge in [0.25, 0.3) is 0 Å². The summed E-state index contributed by atoms with van der Waals surface area (Å²) in [5.41, 5.74) is 17.6. The van der Waals surface area contributed by atoms with Gasteiger partial charge >= 0.3 is 0 Å². The van der Waals surface area contributed by atoms with Gasteiger partial charge in [-0.15, -0.1) is 0 Å². The van der Waals surface area contributed by atoms with E-state index >= 15 is 0 Å². The first-order valence-corrected chi connectivity index (χ1v) is 22.6. The van der Waals surface area contributed by atoms with Gasteiger partial charge in [0.05, 0.1) is 0 Å². The second-order valence-corrected chi connectivity index (χ2v) is 16.8. The van der Waals surface area contributed by atoms with Crippen LogP contribution < -0.4 is 0 Å². The zero-order valence-electron chi connectivity index (χ0n) is 36.4. The number of para-hydroxylation sites is 1. The van der Waals surface area contributed by atoms with Crippen molar-refractivity contribution < 1.29 is 4.42 Å². The maximum Gasteiger partial charge on any atom is 0.164 e. The highest BCUT2D eigenvalue weighted by molar-refractivity contribution is 6.16. The van der Waals surface area contributed by atoms with E-state index in [1.807, 2.05) is 24.3 Å². The molecule has 4 heteroatoms. The molecule has 0 amide bonds. The van der Waals surface area contributed by atoms with Crippen molar-refractivity contribution >= 4 is 21.9 Å². The first-order chi connectivity index (χ1) is 33.2. The van der Waals surface area contributed by atoms with Gasteiger partial charge < -0.3 is 4.42 Å². The molecule has 0 fully saturated rings. The Morgan fingerprint density at radius 3 is 1.12 bits per heavy atom. The molecule has 12 rings (SSSR count). The fraction of sp³-hybridized carbons (Fsp3) is 0. The van der Waals surface area contributed by atoms with E-state index < -0.39 is 0 Å². The molecule has 2 heterocycles. The lowest BCUT2D eigenvalue weighted by Gasteiger charge is -2.12. The summed E-state index contributed by atoms with van der Waals surface area (Å²) in [5.74, 6) is 1.74. The van der Waals surface area contributed by atoms with Crippen molar-refractivity contribution in [1.29, 1.82) is 0 Å². The van der Waals surface area contributed by atoms with Crippen LogP contribution in [0.5, 0.6) is 0 Å². The fourth-order valence-electron chi connectivity index (χ4n) is 9.12. The van der Waals surface area contributed by atoms with Crippen LogP contribution in [0.1, 0.15) is 0 Å². The normalized spacial score (nSPS) is 11.3. The smallest absolute Gasteiger partial charge is 0.164 e. The number of furan rings is 1. The third-order valence-electron chi connectivity index (χ3n) is 12.6. The summed E-state index contributed by atoms with van der Waals surface area (Å²) in [5, 5.41) is 1.95. The van der Waals surface area contributed by atoms with Crippen molar-refractivity contribution in [3.63, 3.8) is 0 Å². The largest absolute Gasteiger partial charge is 0.455 e. The summed E-state index contributed by atoms with van der Waals surface area (Å²) in [6.07, 6.45) is 0. The Bertz CT molecular complexity index is 3680. The number of nitrogens with zero attached hydrogens (tertiary/aromatic N) is 3. The summed E-state index contributed by atoms with van der Waals surface area (Å²) in [6.45, 7) is 0. The van der Waals surface area contributed by atoms with Crippen LogP contribution in [0.15, 0.2) is 253 Å². The number of rotatable bonds is 9. The first kappa shape index (κ1) is 39.6. The van der Waals surface area contributed by atoms with E-state index in [-0.39, 0.29) is 0 Å². The molecule has 4 nitrogen and oxygen atoms in total. The quantitative estimate of drug-likeness (QED) is 0.145. The molecular formula is C63H41N3O. The van der Waals surface area contributed by atoms with E-state index in [1.165, 1.54) is 22.3 Å². The number of hydrogen-bond acceptors (Lipinski definition) is 4. The molecule has 314 valence electrons. The molecule has 0 saturated carbocycles. The number of fused-ring (bicyclic) bond motifs is 3. The lowest BCUT2D eigenvalue weighted by Crippen LogP contribution is -2.01. The van der Waals surface area contributed by atoms with E-state index in [9.17, 15) is 0 Å². The topological polar surface area (TPSA) is 51.8 Å². The van der Waals surface area contributed by atoms with E-state index in [0.717, 1.165) is 83.1 Å². The molecule has 0 unspecified atom stereocenters. The van der Waals surface area contributed by atoms with Crippen LogP contribution in [0, 0.1) is 0 Å². The van der Waals surface area contributed by atoms with E-state index in [1.54, 1.807) is 0 Å². The van der Waals surface area contributed by atoms with Crippen molar-refractivity contribution in [3.05, 3.63) is 249 Å². The molecular weight excluding hydrogens is 815 g/mol. The second-order valence-electron chi connectivity index (χ2n) is 16.8. The highest BCUT2D eigenvalue weighted by Crippen LogP contribution is 2.43. The molecule has 10 aromatic carbocycles.